The lowest BCUT2D eigenvalue weighted by molar-refractivity contribution is -0.141. The number of carboxylic acids is 1. The number of nitrogens with zero attached hydrogens (tertiary/aromatic N) is 1. The Morgan fingerprint density at radius 1 is 1.48 bits per heavy atom. The van der Waals surface area contributed by atoms with E-state index in [-0.39, 0.29) is 17.9 Å². The molecule has 2 aliphatic rings. The second-order valence-electron chi connectivity index (χ2n) is 5.49. The van der Waals surface area contributed by atoms with Crippen LogP contribution in [0.15, 0.2) is 16.5 Å². The third-order valence-corrected chi connectivity index (χ3v) is 5.25. The van der Waals surface area contributed by atoms with Crippen LogP contribution < -0.4 is 5.32 Å². The van der Waals surface area contributed by atoms with Gasteiger partial charge in [-0.15, -0.1) is 11.8 Å². The number of furan rings is 1. The number of aryl methyl sites for hydroxylation is 1. The first-order valence-corrected chi connectivity index (χ1v) is 8.07. The van der Waals surface area contributed by atoms with Gasteiger partial charge in [0.05, 0.1) is 11.9 Å². The normalized spacial score (nSPS) is 25.1. The number of carbonyl (C=O) groups excluding carboxylic acids is 1. The third kappa shape index (κ3) is 3.02. The summed E-state index contributed by atoms with van der Waals surface area (Å²) in [5.41, 5.74) is 0. The Bertz CT molecular complexity index is 555. The smallest absolute Gasteiger partial charge is 0.327 e. The molecule has 3 rings (SSSR count). The third-order valence-electron chi connectivity index (χ3n) is 3.79. The van der Waals surface area contributed by atoms with E-state index in [9.17, 15) is 14.7 Å². The Kier molecular flexibility index (Phi) is 3.84. The maximum atomic E-state index is 12.4. The van der Waals surface area contributed by atoms with Crippen molar-refractivity contribution in [3.8, 4) is 0 Å². The summed E-state index contributed by atoms with van der Waals surface area (Å²) in [7, 11) is 0. The monoisotopic (exact) mass is 310 g/mol. The van der Waals surface area contributed by atoms with Gasteiger partial charge in [0.2, 0.25) is 0 Å². The topological polar surface area (TPSA) is 82.8 Å². The number of hydrogen-bond acceptors (Lipinski definition) is 4. The van der Waals surface area contributed by atoms with Crippen LogP contribution in [0.2, 0.25) is 0 Å². The predicted octanol–water partition coefficient (Wildman–Crippen LogP) is 2.04. The number of amides is 2. The van der Waals surface area contributed by atoms with Gasteiger partial charge in [-0.25, -0.2) is 9.59 Å². The highest BCUT2D eigenvalue weighted by atomic mass is 32.2. The maximum Gasteiger partial charge on any atom is 0.327 e. The molecule has 1 aromatic heterocycles. The summed E-state index contributed by atoms with van der Waals surface area (Å²) in [6, 6.07) is 2.58. The van der Waals surface area contributed by atoms with Crippen molar-refractivity contribution in [2.45, 2.75) is 37.7 Å². The van der Waals surface area contributed by atoms with E-state index in [1.165, 1.54) is 4.90 Å². The van der Waals surface area contributed by atoms with Gasteiger partial charge in [-0.3, -0.25) is 4.90 Å². The number of thioether (sulfide) groups is 1. The van der Waals surface area contributed by atoms with E-state index < -0.39 is 12.0 Å². The van der Waals surface area contributed by atoms with E-state index >= 15 is 0 Å². The Balaban J connectivity index is 1.66. The average Bonchev–Trinajstić information content (AvgIpc) is 3.04. The van der Waals surface area contributed by atoms with Gasteiger partial charge < -0.3 is 14.8 Å². The van der Waals surface area contributed by atoms with Gasteiger partial charge in [-0.05, 0) is 37.8 Å². The van der Waals surface area contributed by atoms with Crippen molar-refractivity contribution < 1.29 is 19.1 Å². The molecule has 2 amide bonds. The molecule has 114 valence electrons. The molecule has 1 aliphatic carbocycles. The average molecular weight is 310 g/mol. The molecular formula is C14H18N2O4S. The van der Waals surface area contributed by atoms with Crippen LogP contribution in [-0.2, 0) is 11.3 Å². The Morgan fingerprint density at radius 3 is 2.81 bits per heavy atom. The minimum absolute atomic E-state index is 0.00978. The molecule has 2 unspecified atom stereocenters. The zero-order valence-corrected chi connectivity index (χ0v) is 12.6. The van der Waals surface area contributed by atoms with Gasteiger partial charge in [0.1, 0.15) is 17.6 Å². The number of urea groups is 1. The minimum Gasteiger partial charge on any atom is -0.480 e. The molecule has 0 radical (unpaired) electrons. The molecule has 6 nitrogen and oxygen atoms in total. The number of aliphatic carboxylic acids is 1. The highest BCUT2D eigenvalue weighted by Crippen LogP contribution is 2.45. The van der Waals surface area contributed by atoms with E-state index in [2.05, 4.69) is 5.32 Å². The van der Waals surface area contributed by atoms with E-state index in [1.54, 1.807) is 17.8 Å². The Morgan fingerprint density at radius 2 is 2.24 bits per heavy atom. The van der Waals surface area contributed by atoms with E-state index in [1.807, 2.05) is 13.0 Å². The van der Waals surface area contributed by atoms with Crippen molar-refractivity contribution in [1.29, 1.82) is 0 Å². The first kappa shape index (κ1) is 14.3. The number of rotatable bonds is 4. The fourth-order valence-corrected chi connectivity index (χ4v) is 4.18. The van der Waals surface area contributed by atoms with Crippen molar-refractivity contribution in [2.24, 2.45) is 5.92 Å². The van der Waals surface area contributed by atoms with Crippen LogP contribution in [0.4, 0.5) is 4.79 Å². The summed E-state index contributed by atoms with van der Waals surface area (Å²) in [4.78, 5) is 25.2. The first-order chi connectivity index (χ1) is 10.1. The van der Waals surface area contributed by atoms with E-state index in [0.29, 0.717) is 17.4 Å². The van der Waals surface area contributed by atoms with E-state index in [0.717, 1.165) is 18.6 Å². The summed E-state index contributed by atoms with van der Waals surface area (Å²) in [5.74, 6) is 1.42. The van der Waals surface area contributed by atoms with Gasteiger partial charge in [0.25, 0.3) is 0 Å². The molecule has 0 bridgehead atoms. The van der Waals surface area contributed by atoms with E-state index in [4.69, 9.17) is 4.42 Å². The van der Waals surface area contributed by atoms with Gasteiger partial charge in [0.15, 0.2) is 0 Å². The van der Waals surface area contributed by atoms with Crippen molar-refractivity contribution in [2.75, 3.05) is 5.75 Å². The molecule has 2 atom stereocenters. The lowest BCUT2D eigenvalue weighted by atomic mass is 10.2. The van der Waals surface area contributed by atoms with Crippen molar-refractivity contribution in [3.05, 3.63) is 23.7 Å². The fourth-order valence-electron chi connectivity index (χ4n) is 2.55. The van der Waals surface area contributed by atoms with Crippen LogP contribution in [0.5, 0.6) is 0 Å². The van der Waals surface area contributed by atoms with Crippen LogP contribution in [0.3, 0.4) is 0 Å². The number of hydrogen-bond donors (Lipinski definition) is 2. The second kappa shape index (κ2) is 5.63. The lowest BCUT2D eigenvalue weighted by Crippen LogP contribution is -2.50. The van der Waals surface area contributed by atoms with Gasteiger partial charge in [-0.1, -0.05) is 0 Å². The molecule has 0 spiro atoms. The summed E-state index contributed by atoms with van der Waals surface area (Å²) in [6.45, 7) is 2.11. The molecular weight excluding hydrogens is 292 g/mol. The van der Waals surface area contributed by atoms with Crippen LogP contribution in [0.25, 0.3) is 0 Å². The first-order valence-electron chi connectivity index (χ1n) is 7.02. The van der Waals surface area contributed by atoms with Crippen molar-refractivity contribution >= 4 is 23.8 Å². The number of carboxylic acid groups (broad SMARTS) is 1. The molecule has 1 aliphatic heterocycles. The molecule has 1 saturated carbocycles. The summed E-state index contributed by atoms with van der Waals surface area (Å²) < 4.78 is 5.40. The van der Waals surface area contributed by atoms with Gasteiger partial charge >= 0.3 is 12.0 Å². The molecule has 2 fully saturated rings. The maximum absolute atomic E-state index is 12.4. The minimum atomic E-state index is -0.936. The van der Waals surface area contributed by atoms with Crippen LogP contribution in [0, 0.1) is 12.8 Å². The molecule has 2 N–H and O–H groups in total. The standard InChI is InChI=1S/C14H18N2O4S/c1-8-2-5-10(20-8)6-15-14(19)16-11(13(17)18)7-21-12(16)9-3-4-9/h2,5,9,11-12H,3-4,6-7H2,1H3,(H,15,19)(H,17,18). The van der Waals surface area contributed by atoms with Crippen molar-refractivity contribution in [3.63, 3.8) is 0 Å². The zero-order chi connectivity index (χ0) is 15.0. The van der Waals surface area contributed by atoms with Crippen molar-refractivity contribution in [1.82, 2.24) is 10.2 Å². The molecule has 7 heteroatoms. The quantitative estimate of drug-likeness (QED) is 0.889. The zero-order valence-electron chi connectivity index (χ0n) is 11.7. The molecule has 1 saturated heterocycles. The highest BCUT2D eigenvalue weighted by molar-refractivity contribution is 8.00. The number of carbonyl (C=O) groups is 2. The number of nitrogens with one attached hydrogen (secondary N) is 1. The van der Waals surface area contributed by atoms with Crippen LogP contribution in [0.1, 0.15) is 24.4 Å². The lowest BCUT2D eigenvalue weighted by Gasteiger charge is -2.27. The SMILES string of the molecule is Cc1ccc(CNC(=O)N2C(C(=O)O)CSC2C2CC2)o1. The van der Waals surface area contributed by atoms with Gasteiger partial charge in [0, 0.05) is 5.75 Å². The summed E-state index contributed by atoms with van der Waals surface area (Å²) in [6.07, 6.45) is 2.15. The van der Waals surface area contributed by atoms with Gasteiger partial charge in [-0.2, -0.15) is 0 Å². The summed E-state index contributed by atoms with van der Waals surface area (Å²) >= 11 is 1.57. The van der Waals surface area contributed by atoms with Crippen LogP contribution >= 0.6 is 11.8 Å². The molecule has 0 aromatic carbocycles. The molecule has 1 aromatic rings. The predicted molar refractivity (Wildman–Crippen MR) is 77.9 cm³/mol. The molecule has 21 heavy (non-hydrogen) atoms. The Labute approximate surface area is 126 Å². The van der Waals surface area contributed by atoms with Crippen LogP contribution in [-0.4, -0.2) is 39.2 Å². The Hall–Kier alpha value is -1.63. The highest BCUT2D eigenvalue weighted by Gasteiger charge is 2.48. The molecule has 2 heterocycles. The largest absolute Gasteiger partial charge is 0.480 e. The second-order valence-corrected chi connectivity index (χ2v) is 6.64. The fraction of sp³-hybridized carbons (Fsp3) is 0.571. The summed E-state index contributed by atoms with van der Waals surface area (Å²) in [5, 5.41) is 12.0.